The third-order valence-corrected chi connectivity index (χ3v) is 4.43. The Kier molecular flexibility index (Phi) is 4.02. The van der Waals surface area contributed by atoms with Gasteiger partial charge in [0, 0.05) is 22.1 Å². The molecule has 0 aliphatic carbocycles. The molecule has 17 heavy (non-hydrogen) atoms. The van der Waals surface area contributed by atoms with Gasteiger partial charge in [-0.25, -0.2) is 0 Å². The van der Waals surface area contributed by atoms with Crippen LogP contribution >= 0.6 is 27.3 Å². The fourth-order valence-electron chi connectivity index (χ4n) is 1.60. The molecule has 0 fully saturated rings. The Labute approximate surface area is 113 Å². The molecule has 0 spiro atoms. The van der Waals surface area contributed by atoms with Crippen LogP contribution in [0.1, 0.15) is 22.3 Å². The lowest BCUT2D eigenvalue weighted by molar-refractivity contribution is 0.0942. The number of aromatic nitrogens is 1. The van der Waals surface area contributed by atoms with Crippen molar-refractivity contribution in [2.45, 2.75) is 20.0 Å². The molecule has 90 valence electrons. The van der Waals surface area contributed by atoms with Crippen LogP contribution in [0.4, 0.5) is 0 Å². The number of halogens is 1. The first-order valence-corrected chi connectivity index (χ1v) is 7.05. The highest BCUT2D eigenvalue weighted by molar-refractivity contribution is 9.10. The summed E-state index contributed by atoms with van der Waals surface area (Å²) in [4.78, 5) is 13.1. The van der Waals surface area contributed by atoms with Crippen LogP contribution in [0.3, 0.4) is 0 Å². The van der Waals surface area contributed by atoms with Crippen molar-refractivity contribution in [1.82, 2.24) is 9.88 Å². The van der Waals surface area contributed by atoms with Gasteiger partial charge in [-0.05, 0) is 46.4 Å². The second-order valence-electron chi connectivity index (χ2n) is 3.55. The molecule has 2 heterocycles. The van der Waals surface area contributed by atoms with Crippen LogP contribution in [0.2, 0.25) is 0 Å². The standard InChI is InChI=1S/C12H13BrN2OS/c1-2-15-6-3-4-10(15)12(16)14-8-11-9(13)5-7-17-11/h3-7H,2,8H2,1H3,(H,14,16). The van der Waals surface area contributed by atoms with E-state index in [4.69, 9.17) is 0 Å². The highest BCUT2D eigenvalue weighted by Gasteiger charge is 2.10. The lowest BCUT2D eigenvalue weighted by atomic mass is 10.4. The summed E-state index contributed by atoms with van der Waals surface area (Å²) in [6.07, 6.45) is 1.91. The molecule has 0 unspecified atom stereocenters. The van der Waals surface area contributed by atoms with Gasteiger partial charge in [-0.3, -0.25) is 4.79 Å². The number of rotatable bonds is 4. The molecular formula is C12H13BrN2OS. The molecule has 3 nitrogen and oxygen atoms in total. The Hall–Kier alpha value is -1.07. The van der Waals surface area contributed by atoms with E-state index in [1.54, 1.807) is 11.3 Å². The largest absolute Gasteiger partial charge is 0.346 e. The van der Waals surface area contributed by atoms with Crippen molar-refractivity contribution in [3.63, 3.8) is 0 Å². The fourth-order valence-corrected chi connectivity index (χ4v) is 3.03. The molecule has 2 aromatic heterocycles. The average Bonchev–Trinajstić information content (AvgIpc) is 2.94. The predicted octanol–water partition coefficient (Wildman–Crippen LogP) is 3.26. The lowest BCUT2D eigenvalue weighted by Gasteiger charge is -2.07. The van der Waals surface area contributed by atoms with E-state index < -0.39 is 0 Å². The molecule has 0 radical (unpaired) electrons. The van der Waals surface area contributed by atoms with Crippen LogP contribution in [-0.2, 0) is 13.1 Å². The SMILES string of the molecule is CCn1cccc1C(=O)NCc1sccc1Br. The Balaban J connectivity index is 2.01. The summed E-state index contributed by atoms with van der Waals surface area (Å²) in [5.41, 5.74) is 0.708. The van der Waals surface area contributed by atoms with Gasteiger partial charge in [-0.2, -0.15) is 0 Å². The maximum atomic E-state index is 11.9. The van der Waals surface area contributed by atoms with Gasteiger partial charge in [0.1, 0.15) is 5.69 Å². The predicted molar refractivity (Wildman–Crippen MR) is 73.3 cm³/mol. The van der Waals surface area contributed by atoms with E-state index in [1.165, 1.54) is 0 Å². The second-order valence-corrected chi connectivity index (χ2v) is 5.41. The van der Waals surface area contributed by atoms with Crippen molar-refractivity contribution < 1.29 is 4.79 Å². The number of hydrogen-bond donors (Lipinski definition) is 1. The van der Waals surface area contributed by atoms with Gasteiger partial charge >= 0.3 is 0 Å². The molecule has 0 aromatic carbocycles. The minimum Gasteiger partial charge on any atom is -0.346 e. The third kappa shape index (κ3) is 2.79. The van der Waals surface area contributed by atoms with Crippen LogP contribution in [0.15, 0.2) is 34.2 Å². The number of aryl methyl sites for hydroxylation is 1. The van der Waals surface area contributed by atoms with Crippen molar-refractivity contribution in [3.8, 4) is 0 Å². The minimum atomic E-state index is -0.0304. The fraction of sp³-hybridized carbons (Fsp3) is 0.250. The topological polar surface area (TPSA) is 34.0 Å². The van der Waals surface area contributed by atoms with Crippen molar-refractivity contribution in [2.75, 3.05) is 0 Å². The summed E-state index contributed by atoms with van der Waals surface area (Å²) in [6, 6.07) is 5.71. The highest BCUT2D eigenvalue weighted by atomic mass is 79.9. The Morgan fingerprint density at radius 3 is 3.00 bits per heavy atom. The summed E-state index contributed by atoms with van der Waals surface area (Å²) >= 11 is 5.08. The molecule has 0 bridgehead atoms. The van der Waals surface area contributed by atoms with Crippen LogP contribution in [0.25, 0.3) is 0 Å². The summed E-state index contributed by atoms with van der Waals surface area (Å²) in [6.45, 7) is 3.39. The van der Waals surface area contributed by atoms with E-state index in [2.05, 4.69) is 21.2 Å². The summed E-state index contributed by atoms with van der Waals surface area (Å²) in [5, 5.41) is 4.92. The molecular weight excluding hydrogens is 300 g/mol. The molecule has 2 aromatic rings. The van der Waals surface area contributed by atoms with Crippen LogP contribution < -0.4 is 5.32 Å². The number of hydrogen-bond acceptors (Lipinski definition) is 2. The Morgan fingerprint density at radius 1 is 1.53 bits per heavy atom. The number of carbonyl (C=O) groups excluding carboxylic acids is 1. The number of amides is 1. The van der Waals surface area contributed by atoms with E-state index in [1.807, 2.05) is 41.3 Å². The molecule has 1 N–H and O–H groups in total. The van der Waals surface area contributed by atoms with Crippen molar-refractivity contribution >= 4 is 33.2 Å². The van der Waals surface area contributed by atoms with Gasteiger partial charge in [-0.1, -0.05) is 0 Å². The summed E-state index contributed by atoms with van der Waals surface area (Å²) in [5.74, 6) is -0.0304. The minimum absolute atomic E-state index is 0.0304. The second kappa shape index (κ2) is 5.51. The third-order valence-electron chi connectivity index (χ3n) is 2.50. The molecule has 0 aliphatic rings. The monoisotopic (exact) mass is 312 g/mol. The quantitative estimate of drug-likeness (QED) is 0.923. The van der Waals surface area contributed by atoms with E-state index in [-0.39, 0.29) is 5.91 Å². The first-order valence-electron chi connectivity index (χ1n) is 5.37. The van der Waals surface area contributed by atoms with E-state index in [9.17, 15) is 4.79 Å². The van der Waals surface area contributed by atoms with E-state index in [0.29, 0.717) is 12.2 Å². The lowest BCUT2D eigenvalue weighted by Crippen LogP contribution is -2.24. The molecule has 2 rings (SSSR count). The van der Waals surface area contributed by atoms with Gasteiger partial charge in [0.2, 0.25) is 0 Å². The molecule has 0 atom stereocenters. The Bertz CT molecular complexity index is 518. The van der Waals surface area contributed by atoms with Gasteiger partial charge in [-0.15, -0.1) is 11.3 Å². The maximum absolute atomic E-state index is 11.9. The molecule has 1 amide bonds. The smallest absolute Gasteiger partial charge is 0.268 e. The van der Waals surface area contributed by atoms with Gasteiger partial charge < -0.3 is 9.88 Å². The van der Waals surface area contributed by atoms with Crippen molar-refractivity contribution in [3.05, 3.63) is 44.8 Å². The van der Waals surface area contributed by atoms with E-state index in [0.717, 1.165) is 15.9 Å². The van der Waals surface area contributed by atoms with Crippen LogP contribution in [0, 0.1) is 0 Å². The number of nitrogens with one attached hydrogen (secondary N) is 1. The first-order chi connectivity index (χ1) is 8.22. The average molecular weight is 313 g/mol. The zero-order valence-electron chi connectivity index (χ0n) is 9.44. The van der Waals surface area contributed by atoms with Crippen LogP contribution in [-0.4, -0.2) is 10.5 Å². The summed E-state index contributed by atoms with van der Waals surface area (Å²) < 4.78 is 2.98. The normalized spacial score (nSPS) is 10.5. The van der Waals surface area contributed by atoms with Gasteiger partial charge in [0.25, 0.3) is 5.91 Å². The van der Waals surface area contributed by atoms with Gasteiger partial charge in [0.05, 0.1) is 6.54 Å². The number of nitrogens with zero attached hydrogens (tertiary/aromatic N) is 1. The van der Waals surface area contributed by atoms with Crippen molar-refractivity contribution in [1.29, 1.82) is 0 Å². The molecule has 0 saturated heterocycles. The van der Waals surface area contributed by atoms with Crippen molar-refractivity contribution in [2.24, 2.45) is 0 Å². The number of carbonyl (C=O) groups is 1. The Morgan fingerprint density at radius 2 is 2.35 bits per heavy atom. The molecule has 0 aliphatic heterocycles. The zero-order valence-corrected chi connectivity index (χ0v) is 11.8. The van der Waals surface area contributed by atoms with Gasteiger partial charge in [0.15, 0.2) is 0 Å². The molecule has 5 heteroatoms. The van der Waals surface area contributed by atoms with E-state index >= 15 is 0 Å². The summed E-state index contributed by atoms with van der Waals surface area (Å²) in [7, 11) is 0. The number of thiophene rings is 1. The highest BCUT2D eigenvalue weighted by Crippen LogP contribution is 2.22. The maximum Gasteiger partial charge on any atom is 0.268 e. The molecule has 0 saturated carbocycles. The first kappa shape index (κ1) is 12.4. The zero-order chi connectivity index (χ0) is 12.3. The van der Waals surface area contributed by atoms with Crippen LogP contribution in [0.5, 0.6) is 0 Å².